The maximum Gasteiger partial charge on any atom is 0.305 e. The fourth-order valence-corrected chi connectivity index (χ4v) is 8.63. The zero-order valence-electron chi connectivity index (χ0n) is 42.3. The molecule has 0 heterocycles. The van der Waals surface area contributed by atoms with Crippen LogP contribution in [0.5, 0.6) is 0 Å². The van der Waals surface area contributed by atoms with Crippen molar-refractivity contribution in [2.24, 2.45) is 0 Å². The molecule has 0 rings (SSSR count). The summed E-state index contributed by atoms with van der Waals surface area (Å²) in [4.78, 5) is 24.4. The molecule has 2 unspecified atom stereocenters. The van der Waals surface area contributed by atoms with Gasteiger partial charge >= 0.3 is 5.97 Å². The average molecular weight is 889 g/mol. The van der Waals surface area contributed by atoms with Gasteiger partial charge in [-0.25, -0.2) is 0 Å². The lowest BCUT2D eigenvalue weighted by molar-refractivity contribution is -0.143. The molecule has 6 nitrogen and oxygen atoms in total. The lowest BCUT2D eigenvalue weighted by atomic mass is 10.0. The number of rotatable bonds is 52. The Morgan fingerprint density at radius 3 is 1.13 bits per heavy atom. The van der Waals surface area contributed by atoms with Gasteiger partial charge < -0.3 is 20.3 Å². The molecular formula is C57H109NO5. The number of amides is 1. The summed E-state index contributed by atoms with van der Waals surface area (Å²) in [5.41, 5.74) is 0. The molecule has 0 aliphatic rings. The molecule has 0 bridgehead atoms. The van der Waals surface area contributed by atoms with E-state index in [1.54, 1.807) is 6.08 Å². The van der Waals surface area contributed by atoms with E-state index in [1.165, 1.54) is 231 Å². The van der Waals surface area contributed by atoms with Crippen LogP contribution < -0.4 is 5.32 Å². The summed E-state index contributed by atoms with van der Waals surface area (Å²) < 4.78 is 5.48. The van der Waals surface area contributed by atoms with E-state index in [4.69, 9.17) is 4.74 Å². The number of hydrogen-bond donors (Lipinski definition) is 3. The van der Waals surface area contributed by atoms with Gasteiger partial charge in [-0.2, -0.15) is 0 Å². The average Bonchev–Trinajstić information content (AvgIpc) is 3.28. The van der Waals surface area contributed by atoms with Gasteiger partial charge in [0.05, 0.1) is 25.4 Å². The van der Waals surface area contributed by atoms with Crippen LogP contribution in [0.4, 0.5) is 0 Å². The molecule has 3 N–H and O–H groups in total. The second-order valence-electron chi connectivity index (χ2n) is 19.3. The molecule has 0 aliphatic heterocycles. The molecule has 6 heteroatoms. The van der Waals surface area contributed by atoms with E-state index in [0.717, 1.165) is 44.9 Å². The van der Waals surface area contributed by atoms with Gasteiger partial charge in [-0.15, -0.1) is 0 Å². The van der Waals surface area contributed by atoms with Crippen molar-refractivity contribution in [3.8, 4) is 0 Å². The molecule has 0 saturated heterocycles. The molecule has 2 atom stereocenters. The van der Waals surface area contributed by atoms with Gasteiger partial charge in [0.2, 0.25) is 5.91 Å². The van der Waals surface area contributed by atoms with Crippen molar-refractivity contribution in [3.05, 3.63) is 24.3 Å². The fraction of sp³-hybridized carbons (Fsp3) is 0.895. The molecule has 0 fully saturated rings. The first-order chi connectivity index (χ1) is 31.0. The monoisotopic (exact) mass is 888 g/mol. The summed E-state index contributed by atoms with van der Waals surface area (Å²) in [5.74, 6) is -0.0672. The number of nitrogens with one attached hydrogen (secondary N) is 1. The minimum atomic E-state index is -0.847. The first kappa shape index (κ1) is 61.3. The van der Waals surface area contributed by atoms with Crippen LogP contribution in [-0.2, 0) is 14.3 Å². The Bertz CT molecular complexity index is 982. The first-order valence-electron chi connectivity index (χ1n) is 28.1. The van der Waals surface area contributed by atoms with E-state index in [0.29, 0.717) is 19.4 Å². The Kier molecular flexibility index (Phi) is 51.6. The van der Waals surface area contributed by atoms with Gasteiger partial charge in [-0.05, 0) is 57.8 Å². The number of hydrogen-bond acceptors (Lipinski definition) is 5. The lowest BCUT2D eigenvalue weighted by Gasteiger charge is -2.20. The summed E-state index contributed by atoms with van der Waals surface area (Å²) in [6.45, 7) is 4.89. The highest BCUT2D eigenvalue weighted by Gasteiger charge is 2.18. The summed E-state index contributed by atoms with van der Waals surface area (Å²) in [6.07, 6.45) is 63.5. The Labute approximate surface area is 392 Å². The Balaban J connectivity index is 3.41. The van der Waals surface area contributed by atoms with Gasteiger partial charge in [0.25, 0.3) is 0 Å². The Hall–Kier alpha value is -1.66. The van der Waals surface area contributed by atoms with Crippen LogP contribution >= 0.6 is 0 Å². The molecule has 1 amide bonds. The Morgan fingerprint density at radius 2 is 0.746 bits per heavy atom. The van der Waals surface area contributed by atoms with E-state index in [-0.39, 0.29) is 18.5 Å². The highest BCUT2D eigenvalue weighted by Crippen LogP contribution is 2.16. The molecule has 0 aromatic carbocycles. The standard InChI is InChI=1S/C57H109NO5/c1-3-5-7-9-11-13-15-16-24-28-31-35-39-43-47-51-57(62)63-52-48-44-40-36-32-29-26-23-21-19-17-18-20-22-25-27-30-34-38-42-46-50-56(61)58-54(53-59)55(60)49-45-41-37-33-14-12-10-8-6-4-2/h18,20,45,49,54-55,59-60H,3-17,19,21-44,46-48,50-53H2,1-2H3,(H,58,61)/b20-18-,49-45+. The second-order valence-corrected chi connectivity index (χ2v) is 19.3. The molecule has 372 valence electrons. The number of unbranched alkanes of at least 4 members (excludes halogenated alkanes) is 39. The number of allylic oxidation sites excluding steroid dienone is 3. The predicted octanol–water partition coefficient (Wildman–Crippen LogP) is 17.1. The third-order valence-electron chi connectivity index (χ3n) is 13.0. The van der Waals surface area contributed by atoms with Crippen molar-refractivity contribution in [1.29, 1.82) is 0 Å². The lowest BCUT2D eigenvalue weighted by Crippen LogP contribution is -2.45. The van der Waals surface area contributed by atoms with Crippen LogP contribution in [0, 0.1) is 0 Å². The third kappa shape index (κ3) is 49.6. The normalized spacial score (nSPS) is 12.8. The van der Waals surface area contributed by atoms with E-state index in [2.05, 4.69) is 31.3 Å². The molecular weight excluding hydrogens is 779 g/mol. The maximum atomic E-state index is 12.4. The van der Waals surface area contributed by atoms with Crippen LogP contribution in [0.15, 0.2) is 24.3 Å². The molecule has 0 radical (unpaired) electrons. The van der Waals surface area contributed by atoms with Crippen LogP contribution in [0.25, 0.3) is 0 Å². The number of carbonyl (C=O) groups excluding carboxylic acids is 2. The van der Waals surface area contributed by atoms with Crippen molar-refractivity contribution in [3.63, 3.8) is 0 Å². The molecule has 0 aromatic rings. The van der Waals surface area contributed by atoms with Gasteiger partial charge in [-0.1, -0.05) is 256 Å². The molecule has 0 aromatic heterocycles. The molecule has 0 aliphatic carbocycles. The molecule has 0 saturated carbocycles. The van der Waals surface area contributed by atoms with Crippen molar-refractivity contribution in [2.45, 2.75) is 315 Å². The smallest absolute Gasteiger partial charge is 0.305 e. The number of ether oxygens (including phenoxy) is 1. The van der Waals surface area contributed by atoms with Gasteiger partial charge in [-0.3, -0.25) is 9.59 Å². The van der Waals surface area contributed by atoms with Crippen LogP contribution in [0.2, 0.25) is 0 Å². The topological polar surface area (TPSA) is 95.9 Å². The fourth-order valence-electron chi connectivity index (χ4n) is 8.63. The third-order valence-corrected chi connectivity index (χ3v) is 13.0. The van der Waals surface area contributed by atoms with E-state index >= 15 is 0 Å². The summed E-state index contributed by atoms with van der Waals surface area (Å²) in [6, 6.07) is -0.631. The minimum absolute atomic E-state index is 0.0102. The van der Waals surface area contributed by atoms with Crippen molar-refractivity contribution >= 4 is 11.9 Å². The zero-order chi connectivity index (χ0) is 45.8. The number of aliphatic hydroxyl groups excluding tert-OH is 2. The molecule has 0 spiro atoms. The summed E-state index contributed by atoms with van der Waals surface area (Å²) in [7, 11) is 0. The predicted molar refractivity (Wildman–Crippen MR) is 273 cm³/mol. The second kappa shape index (κ2) is 53.0. The largest absolute Gasteiger partial charge is 0.466 e. The van der Waals surface area contributed by atoms with Crippen molar-refractivity contribution < 1.29 is 24.5 Å². The van der Waals surface area contributed by atoms with Crippen LogP contribution in [0.1, 0.15) is 303 Å². The van der Waals surface area contributed by atoms with E-state index in [1.807, 2.05) is 6.08 Å². The number of aliphatic hydroxyl groups is 2. The Morgan fingerprint density at radius 1 is 0.429 bits per heavy atom. The highest BCUT2D eigenvalue weighted by molar-refractivity contribution is 5.76. The van der Waals surface area contributed by atoms with Gasteiger partial charge in [0.1, 0.15) is 0 Å². The number of esters is 1. The van der Waals surface area contributed by atoms with Crippen molar-refractivity contribution in [1.82, 2.24) is 5.32 Å². The highest BCUT2D eigenvalue weighted by atomic mass is 16.5. The van der Waals surface area contributed by atoms with Crippen molar-refractivity contribution in [2.75, 3.05) is 13.2 Å². The number of carbonyl (C=O) groups is 2. The summed E-state index contributed by atoms with van der Waals surface area (Å²) in [5, 5.41) is 22.9. The molecule has 63 heavy (non-hydrogen) atoms. The van der Waals surface area contributed by atoms with Crippen LogP contribution in [0.3, 0.4) is 0 Å². The van der Waals surface area contributed by atoms with Crippen LogP contribution in [-0.4, -0.2) is 47.4 Å². The quantitative estimate of drug-likeness (QED) is 0.0321. The summed E-state index contributed by atoms with van der Waals surface area (Å²) >= 11 is 0. The maximum absolute atomic E-state index is 12.4. The van der Waals surface area contributed by atoms with Gasteiger partial charge in [0, 0.05) is 12.8 Å². The van der Waals surface area contributed by atoms with Gasteiger partial charge in [0.15, 0.2) is 0 Å². The van der Waals surface area contributed by atoms with E-state index in [9.17, 15) is 19.8 Å². The first-order valence-corrected chi connectivity index (χ1v) is 28.1. The SMILES string of the molecule is CCCCCCCCCC/C=C/C(O)C(CO)NC(=O)CCCCCCCCC/C=C\CCCCCCCCCCCCOC(=O)CCCCCCCCCCCCCCCCC. The minimum Gasteiger partial charge on any atom is -0.466 e. The zero-order valence-corrected chi connectivity index (χ0v) is 42.3. The van der Waals surface area contributed by atoms with E-state index < -0.39 is 12.1 Å².